The van der Waals surface area contributed by atoms with E-state index < -0.39 is 46.5 Å². The van der Waals surface area contributed by atoms with Gasteiger partial charge in [-0.05, 0) is 96.0 Å². The van der Waals surface area contributed by atoms with E-state index in [1.54, 1.807) is 6.07 Å². The number of anilines is 2. The van der Waals surface area contributed by atoms with Gasteiger partial charge in [0.05, 0.1) is 43.2 Å². The second-order valence-electron chi connectivity index (χ2n) is 11.6. The van der Waals surface area contributed by atoms with Crippen LogP contribution >= 0.6 is 23.2 Å². The Morgan fingerprint density at radius 2 is 1.14 bits per heavy atom. The number of hydrogen-bond donors (Lipinski definition) is 3. The van der Waals surface area contributed by atoms with Gasteiger partial charge in [0.2, 0.25) is 10.6 Å². The lowest BCUT2D eigenvalue weighted by atomic mass is 10.0. The number of nitrogens with zero attached hydrogens (tertiary/aromatic N) is 4. The number of ketones is 1. The number of carbonyl (C=O) groups excluding carboxylic acids is 3. The molecule has 0 saturated carbocycles. The summed E-state index contributed by atoms with van der Waals surface area (Å²) < 4.78 is 65.6. The number of carbonyl (C=O) groups is 3. The Bertz CT molecular complexity index is 2510. The van der Waals surface area contributed by atoms with Crippen molar-refractivity contribution in [1.29, 1.82) is 0 Å². The van der Waals surface area contributed by atoms with Crippen molar-refractivity contribution in [3.63, 3.8) is 0 Å². The Morgan fingerprint density at radius 3 is 1.61 bits per heavy atom. The highest BCUT2D eigenvalue weighted by Gasteiger charge is 2.21. The summed E-state index contributed by atoms with van der Waals surface area (Å²) in [6, 6.07) is 18.0. The Kier molecular flexibility index (Phi) is 15.6. The maximum absolute atomic E-state index is 13.8. The van der Waals surface area contributed by atoms with E-state index in [2.05, 4.69) is 30.6 Å². The normalized spacial score (nSPS) is 10.7. The van der Waals surface area contributed by atoms with Crippen molar-refractivity contribution in [2.45, 2.75) is 13.8 Å². The fourth-order valence-corrected chi connectivity index (χ4v) is 5.40. The number of ether oxygens (including phenoxy) is 2. The first-order valence-electron chi connectivity index (χ1n) is 16.5. The molecule has 6 rings (SSSR count). The smallest absolute Gasteiger partial charge is 0.259 e. The van der Waals surface area contributed by atoms with E-state index in [0.29, 0.717) is 11.4 Å². The van der Waals surface area contributed by atoms with Crippen molar-refractivity contribution in [3.8, 4) is 11.5 Å². The van der Waals surface area contributed by atoms with Gasteiger partial charge in [0.15, 0.2) is 5.78 Å². The van der Waals surface area contributed by atoms with Crippen LogP contribution in [0.5, 0.6) is 11.5 Å². The Balaban J connectivity index is 0.000000256. The first-order chi connectivity index (χ1) is 27.8. The molecule has 0 bridgehead atoms. The van der Waals surface area contributed by atoms with E-state index in [9.17, 15) is 37.1 Å². The van der Waals surface area contributed by atoms with Gasteiger partial charge in [-0.15, -0.1) is 0 Å². The molecular formula is C41H32Cl2F4N6O6. The highest BCUT2D eigenvalue weighted by molar-refractivity contribution is 6.28. The number of Topliss-reactive ketones (excluding diaryl/α,β-unsaturated/α-hetero) is 1. The molecule has 6 aromatic rings. The summed E-state index contributed by atoms with van der Waals surface area (Å²) in [4.78, 5) is 53.2. The molecule has 0 aliphatic rings. The van der Waals surface area contributed by atoms with E-state index >= 15 is 0 Å². The van der Waals surface area contributed by atoms with Gasteiger partial charge in [0.1, 0.15) is 51.9 Å². The molecule has 0 aliphatic carbocycles. The van der Waals surface area contributed by atoms with Crippen molar-refractivity contribution in [2.75, 3.05) is 24.9 Å². The highest BCUT2D eigenvalue weighted by Crippen LogP contribution is 2.28. The minimum atomic E-state index is -0.926. The van der Waals surface area contributed by atoms with Gasteiger partial charge in [-0.2, -0.15) is 0 Å². The van der Waals surface area contributed by atoms with Crippen LogP contribution in [0.2, 0.25) is 10.6 Å². The Hall–Kier alpha value is -6.91. The molecule has 18 heteroatoms. The zero-order valence-corrected chi connectivity index (χ0v) is 31.6. The van der Waals surface area contributed by atoms with Crippen molar-refractivity contribution >= 4 is 64.0 Å². The summed E-state index contributed by atoms with van der Waals surface area (Å²) in [7, 11) is 2.67. The zero-order valence-electron chi connectivity index (χ0n) is 30.1. The largest absolute Gasteiger partial charge is 0.507 e. The highest BCUT2D eigenvalue weighted by atomic mass is 35.5. The molecule has 2 amide bonds. The minimum Gasteiger partial charge on any atom is -0.507 e. The first kappa shape index (κ1) is 44.8. The van der Waals surface area contributed by atoms with Crippen LogP contribution in [0.15, 0.2) is 97.3 Å². The summed E-state index contributed by atoms with van der Waals surface area (Å²) in [5, 5.41) is 14.8. The predicted octanol–water partition coefficient (Wildman–Crippen LogP) is 9.46. The number of benzene rings is 4. The number of nitrogens with one attached hydrogen (secondary N) is 2. The quantitative estimate of drug-likeness (QED) is 0.0495. The van der Waals surface area contributed by atoms with Crippen LogP contribution in [0.3, 0.4) is 0 Å². The molecule has 0 radical (unpaired) electrons. The van der Waals surface area contributed by atoms with Crippen LogP contribution < -0.4 is 20.1 Å². The number of amides is 2. The molecule has 0 saturated heterocycles. The summed E-state index contributed by atoms with van der Waals surface area (Å²) >= 11 is 11.4. The third-order valence-electron chi connectivity index (χ3n) is 7.87. The zero-order chi connectivity index (χ0) is 41.9. The van der Waals surface area contributed by atoms with Crippen LogP contribution in [0.1, 0.15) is 55.5 Å². The lowest BCUT2D eigenvalue weighted by molar-refractivity contribution is 0.0989. The number of rotatable bonds is 11. The topological polar surface area (TPSA) is 166 Å². The Labute approximate surface area is 344 Å². The Morgan fingerprint density at radius 1 is 0.678 bits per heavy atom. The molecule has 4 aromatic carbocycles. The van der Waals surface area contributed by atoms with Gasteiger partial charge in [0.25, 0.3) is 11.8 Å². The van der Waals surface area contributed by atoms with Gasteiger partial charge in [0, 0.05) is 29.6 Å². The van der Waals surface area contributed by atoms with Gasteiger partial charge < -0.3 is 25.2 Å². The minimum absolute atomic E-state index is 0. The maximum Gasteiger partial charge on any atom is 0.259 e. The van der Waals surface area contributed by atoms with E-state index in [1.165, 1.54) is 87.3 Å². The first-order valence-corrected chi connectivity index (χ1v) is 17.3. The molecule has 0 atom stereocenters. The molecule has 3 N–H and O–H groups in total. The fourth-order valence-electron chi connectivity index (χ4n) is 5.09. The third-order valence-corrected chi connectivity index (χ3v) is 8.23. The fraction of sp³-hybridized carbons (Fsp3) is 0.0976. The maximum atomic E-state index is 13.8. The summed E-state index contributed by atoms with van der Waals surface area (Å²) in [6.07, 6.45) is 4.10. The molecular weight excluding hydrogens is 819 g/mol. The monoisotopic (exact) mass is 850 g/mol. The molecule has 0 fully saturated rings. The van der Waals surface area contributed by atoms with E-state index in [0.717, 1.165) is 24.3 Å². The van der Waals surface area contributed by atoms with Crippen LogP contribution in [-0.4, -0.2) is 56.9 Å². The molecule has 59 heavy (non-hydrogen) atoms. The standard InChI is InChI=1S/2C20H14ClF2N3O3.CH4/c2*1-29-17-6-5-11(16(27)10-12-7-8-24-20(21)25-12)9-13(17)19(28)26-18-14(22)3-2-4-15(18)23;/h2-9H,10H2,1H3,(H,26,28);2-10,27H,1H3,(H,26,28);1H4/b;16-10+;. The molecule has 2 aromatic heterocycles. The molecule has 0 aliphatic heterocycles. The van der Waals surface area contributed by atoms with E-state index in [-0.39, 0.29) is 69.7 Å². The average Bonchev–Trinajstić information content (AvgIpc) is 3.20. The van der Waals surface area contributed by atoms with Gasteiger partial charge >= 0.3 is 0 Å². The lowest BCUT2D eigenvalue weighted by Gasteiger charge is -2.12. The number of aliphatic hydroxyl groups excluding tert-OH is 1. The summed E-state index contributed by atoms with van der Waals surface area (Å²) in [6.45, 7) is 0. The van der Waals surface area contributed by atoms with Crippen molar-refractivity contribution in [2.24, 2.45) is 0 Å². The summed E-state index contributed by atoms with van der Waals surface area (Å²) in [5.41, 5.74) is -0.0651. The summed E-state index contributed by atoms with van der Waals surface area (Å²) in [5.74, 6) is -5.59. The number of para-hydroxylation sites is 2. The van der Waals surface area contributed by atoms with Crippen LogP contribution in [-0.2, 0) is 6.42 Å². The number of aromatic nitrogens is 4. The molecule has 12 nitrogen and oxygen atoms in total. The van der Waals surface area contributed by atoms with Crippen molar-refractivity contribution in [3.05, 3.63) is 165 Å². The van der Waals surface area contributed by atoms with Gasteiger partial charge in [-0.3, -0.25) is 14.4 Å². The third kappa shape index (κ3) is 11.6. The molecule has 304 valence electrons. The average molecular weight is 852 g/mol. The van der Waals surface area contributed by atoms with Crippen molar-refractivity contribution in [1.82, 2.24) is 19.9 Å². The molecule has 0 spiro atoms. The predicted molar refractivity (Wildman–Crippen MR) is 214 cm³/mol. The van der Waals surface area contributed by atoms with Crippen LogP contribution in [0.4, 0.5) is 28.9 Å². The lowest BCUT2D eigenvalue weighted by Crippen LogP contribution is -2.16. The number of methoxy groups -OCH3 is 2. The van der Waals surface area contributed by atoms with Gasteiger partial charge in [-0.1, -0.05) is 19.6 Å². The number of aliphatic hydroxyl groups is 1. The van der Waals surface area contributed by atoms with Crippen molar-refractivity contribution < 1.29 is 46.5 Å². The number of halogens is 6. The SMILES string of the molecule is C.COc1ccc(/C(O)=C\c2ccnc(Cl)n2)cc1C(=O)Nc1c(F)cccc1F.COc1ccc(C(=O)Cc2ccnc(Cl)n2)cc1C(=O)Nc1c(F)cccc1F. The second-order valence-corrected chi connectivity index (χ2v) is 12.3. The van der Waals surface area contributed by atoms with Crippen LogP contribution in [0, 0.1) is 23.3 Å². The molecule has 2 heterocycles. The van der Waals surface area contributed by atoms with E-state index in [4.69, 9.17) is 32.7 Å². The second kappa shape index (κ2) is 20.5. The number of hydrogen-bond acceptors (Lipinski definition) is 10. The molecule has 0 unspecified atom stereocenters. The van der Waals surface area contributed by atoms with E-state index in [1.807, 2.05) is 0 Å². The van der Waals surface area contributed by atoms with Gasteiger partial charge in [-0.25, -0.2) is 37.5 Å². The van der Waals surface area contributed by atoms with Crippen LogP contribution in [0.25, 0.3) is 11.8 Å².